The third-order valence-electron chi connectivity index (χ3n) is 3.05. The number of hydrogen-bond acceptors (Lipinski definition) is 5. The van der Waals surface area contributed by atoms with E-state index in [9.17, 15) is 15.2 Å². The fourth-order valence-corrected chi connectivity index (χ4v) is 2.38. The standard InChI is InChI=1S/C13H14BrN3O4/c1-8-13(14)11(16(2)15-8)7-21-12-4-3-10(17(19)20)5-9(12)6-18/h3-5,18H,6-7H2,1-2H3. The number of nitrogens with zero attached hydrogens (tertiary/aromatic N) is 3. The molecular formula is C13H14BrN3O4. The molecule has 0 bridgehead atoms. The van der Waals surface area contributed by atoms with E-state index in [4.69, 9.17) is 4.74 Å². The first-order valence-corrected chi connectivity index (χ1v) is 6.92. The quantitative estimate of drug-likeness (QED) is 0.657. The van der Waals surface area contributed by atoms with Crippen molar-refractivity contribution in [1.29, 1.82) is 0 Å². The zero-order valence-electron chi connectivity index (χ0n) is 11.5. The second-order valence-corrected chi connectivity index (χ2v) is 5.26. The summed E-state index contributed by atoms with van der Waals surface area (Å²) in [5.74, 6) is 0.411. The van der Waals surface area contributed by atoms with Crippen molar-refractivity contribution in [1.82, 2.24) is 9.78 Å². The molecule has 1 aromatic heterocycles. The number of nitro groups is 1. The Kier molecular flexibility index (Phi) is 4.59. The molecule has 21 heavy (non-hydrogen) atoms. The lowest BCUT2D eigenvalue weighted by Crippen LogP contribution is -2.05. The number of halogens is 1. The van der Waals surface area contributed by atoms with Gasteiger partial charge in [-0.15, -0.1) is 0 Å². The predicted molar refractivity (Wildman–Crippen MR) is 79.0 cm³/mol. The Labute approximate surface area is 129 Å². The Hall–Kier alpha value is -1.93. The van der Waals surface area contributed by atoms with Gasteiger partial charge in [0.2, 0.25) is 0 Å². The lowest BCUT2D eigenvalue weighted by atomic mass is 10.2. The summed E-state index contributed by atoms with van der Waals surface area (Å²) >= 11 is 3.44. The number of nitro benzene ring substituents is 1. The van der Waals surface area contributed by atoms with E-state index in [0.717, 1.165) is 15.9 Å². The van der Waals surface area contributed by atoms with Crippen LogP contribution in [0.1, 0.15) is 17.0 Å². The molecule has 0 saturated carbocycles. The number of rotatable bonds is 5. The average Bonchev–Trinajstić information content (AvgIpc) is 2.70. The van der Waals surface area contributed by atoms with Gasteiger partial charge < -0.3 is 9.84 Å². The van der Waals surface area contributed by atoms with E-state index in [0.29, 0.717) is 11.3 Å². The van der Waals surface area contributed by atoms with Gasteiger partial charge in [0.05, 0.1) is 27.4 Å². The van der Waals surface area contributed by atoms with Gasteiger partial charge in [-0.25, -0.2) is 0 Å². The number of aromatic nitrogens is 2. The molecule has 0 aliphatic heterocycles. The van der Waals surface area contributed by atoms with E-state index in [2.05, 4.69) is 21.0 Å². The Morgan fingerprint density at radius 2 is 2.24 bits per heavy atom. The molecule has 1 heterocycles. The van der Waals surface area contributed by atoms with Crippen LogP contribution in [0.3, 0.4) is 0 Å². The molecule has 112 valence electrons. The van der Waals surface area contributed by atoms with Gasteiger partial charge in [0.25, 0.3) is 5.69 Å². The Morgan fingerprint density at radius 1 is 1.52 bits per heavy atom. The molecule has 1 N–H and O–H groups in total. The van der Waals surface area contributed by atoms with Crippen molar-refractivity contribution in [3.05, 3.63) is 49.7 Å². The molecule has 2 rings (SSSR count). The number of benzene rings is 1. The van der Waals surface area contributed by atoms with Crippen LogP contribution in [0.4, 0.5) is 5.69 Å². The lowest BCUT2D eigenvalue weighted by Gasteiger charge is -2.10. The van der Waals surface area contributed by atoms with E-state index < -0.39 is 4.92 Å². The van der Waals surface area contributed by atoms with Gasteiger partial charge in [-0.3, -0.25) is 14.8 Å². The molecule has 0 atom stereocenters. The van der Waals surface area contributed by atoms with Gasteiger partial charge in [-0.2, -0.15) is 5.10 Å². The third-order valence-corrected chi connectivity index (χ3v) is 4.08. The van der Waals surface area contributed by atoms with Crippen molar-refractivity contribution < 1.29 is 14.8 Å². The second-order valence-electron chi connectivity index (χ2n) is 4.47. The van der Waals surface area contributed by atoms with Gasteiger partial charge in [-0.1, -0.05) is 0 Å². The van der Waals surface area contributed by atoms with Crippen LogP contribution in [0.2, 0.25) is 0 Å². The Bertz CT molecular complexity index is 684. The highest BCUT2D eigenvalue weighted by Crippen LogP contribution is 2.27. The molecule has 0 amide bonds. The number of aliphatic hydroxyl groups is 1. The first-order valence-electron chi connectivity index (χ1n) is 6.13. The highest BCUT2D eigenvalue weighted by atomic mass is 79.9. The van der Waals surface area contributed by atoms with Gasteiger partial charge in [0.15, 0.2) is 0 Å². The normalized spacial score (nSPS) is 10.7. The van der Waals surface area contributed by atoms with Crippen LogP contribution < -0.4 is 4.74 Å². The maximum absolute atomic E-state index is 10.7. The highest BCUT2D eigenvalue weighted by molar-refractivity contribution is 9.10. The molecule has 0 unspecified atom stereocenters. The summed E-state index contributed by atoms with van der Waals surface area (Å²) < 4.78 is 8.21. The van der Waals surface area contributed by atoms with Crippen LogP contribution in [0.15, 0.2) is 22.7 Å². The highest BCUT2D eigenvalue weighted by Gasteiger charge is 2.14. The van der Waals surface area contributed by atoms with Gasteiger partial charge in [0.1, 0.15) is 12.4 Å². The summed E-state index contributed by atoms with van der Waals surface area (Å²) in [6, 6.07) is 4.14. The van der Waals surface area contributed by atoms with E-state index in [-0.39, 0.29) is 18.9 Å². The molecule has 0 saturated heterocycles. The molecule has 2 aromatic rings. The Balaban J connectivity index is 2.22. The van der Waals surface area contributed by atoms with Crippen LogP contribution in [-0.2, 0) is 20.3 Å². The number of non-ortho nitro benzene ring substituents is 1. The summed E-state index contributed by atoms with van der Waals surface area (Å²) in [7, 11) is 1.80. The van der Waals surface area contributed by atoms with Crippen molar-refractivity contribution in [2.75, 3.05) is 0 Å². The first kappa shape index (κ1) is 15.5. The number of hydrogen-bond donors (Lipinski definition) is 1. The SMILES string of the molecule is Cc1nn(C)c(COc2ccc([N+](=O)[O-])cc2CO)c1Br. The number of aryl methyl sites for hydroxylation is 2. The monoisotopic (exact) mass is 355 g/mol. The van der Waals surface area contributed by atoms with E-state index >= 15 is 0 Å². The topological polar surface area (TPSA) is 90.4 Å². The zero-order valence-corrected chi connectivity index (χ0v) is 13.1. The Morgan fingerprint density at radius 3 is 2.76 bits per heavy atom. The lowest BCUT2D eigenvalue weighted by molar-refractivity contribution is -0.385. The smallest absolute Gasteiger partial charge is 0.270 e. The molecular weight excluding hydrogens is 342 g/mol. The molecule has 0 fully saturated rings. The van der Waals surface area contributed by atoms with Gasteiger partial charge in [-0.05, 0) is 28.9 Å². The van der Waals surface area contributed by atoms with Crippen LogP contribution in [0.5, 0.6) is 5.75 Å². The van der Waals surface area contributed by atoms with E-state index in [1.807, 2.05) is 6.92 Å². The molecule has 0 spiro atoms. The zero-order chi connectivity index (χ0) is 15.6. The number of ether oxygens (including phenoxy) is 1. The fourth-order valence-electron chi connectivity index (χ4n) is 1.93. The fraction of sp³-hybridized carbons (Fsp3) is 0.308. The maximum Gasteiger partial charge on any atom is 0.270 e. The van der Waals surface area contributed by atoms with Crippen LogP contribution in [-0.4, -0.2) is 19.8 Å². The maximum atomic E-state index is 10.7. The van der Waals surface area contributed by atoms with Crippen molar-refractivity contribution >= 4 is 21.6 Å². The van der Waals surface area contributed by atoms with E-state index in [1.54, 1.807) is 11.7 Å². The van der Waals surface area contributed by atoms with Crippen molar-refractivity contribution in [2.24, 2.45) is 7.05 Å². The largest absolute Gasteiger partial charge is 0.487 e. The second kappa shape index (κ2) is 6.23. The van der Waals surface area contributed by atoms with Gasteiger partial charge >= 0.3 is 0 Å². The summed E-state index contributed by atoms with van der Waals surface area (Å²) in [6.45, 7) is 1.78. The number of aliphatic hydroxyl groups excluding tert-OH is 1. The summed E-state index contributed by atoms with van der Waals surface area (Å²) in [5.41, 5.74) is 1.99. The minimum atomic E-state index is -0.510. The van der Waals surface area contributed by atoms with Gasteiger partial charge in [0, 0.05) is 24.7 Å². The average molecular weight is 356 g/mol. The third kappa shape index (κ3) is 3.22. The molecule has 0 aliphatic rings. The molecule has 0 aliphatic carbocycles. The summed E-state index contributed by atoms with van der Waals surface area (Å²) in [6.07, 6.45) is 0. The van der Waals surface area contributed by atoms with Crippen molar-refractivity contribution in [3.8, 4) is 5.75 Å². The van der Waals surface area contributed by atoms with Crippen LogP contribution in [0, 0.1) is 17.0 Å². The minimum Gasteiger partial charge on any atom is -0.487 e. The summed E-state index contributed by atoms with van der Waals surface area (Å²) in [4.78, 5) is 10.2. The minimum absolute atomic E-state index is 0.0797. The van der Waals surface area contributed by atoms with Crippen molar-refractivity contribution in [2.45, 2.75) is 20.1 Å². The van der Waals surface area contributed by atoms with Crippen LogP contribution in [0.25, 0.3) is 0 Å². The van der Waals surface area contributed by atoms with Crippen LogP contribution >= 0.6 is 15.9 Å². The first-order chi connectivity index (χ1) is 9.93. The molecule has 1 aromatic carbocycles. The molecule has 0 radical (unpaired) electrons. The predicted octanol–water partition coefficient (Wildman–Crippen LogP) is 2.47. The van der Waals surface area contributed by atoms with E-state index in [1.165, 1.54) is 18.2 Å². The summed E-state index contributed by atoms with van der Waals surface area (Å²) in [5, 5.41) is 24.3. The van der Waals surface area contributed by atoms with Crippen molar-refractivity contribution in [3.63, 3.8) is 0 Å². The molecule has 8 heteroatoms. The molecule has 7 nitrogen and oxygen atoms in total.